The number of alkyl halides is 1. The molecule has 0 spiro atoms. The molecule has 2 aromatic rings. The highest BCUT2D eigenvalue weighted by molar-refractivity contribution is 7.89. The van der Waals surface area contributed by atoms with Crippen molar-refractivity contribution in [1.29, 1.82) is 0 Å². The summed E-state index contributed by atoms with van der Waals surface area (Å²) in [6.07, 6.45) is 2.11. The molecule has 1 aromatic carbocycles. The quantitative estimate of drug-likeness (QED) is 0.828. The Morgan fingerprint density at radius 2 is 1.95 bits per heavy atom. The summed E-state index contributed by atoms with van der Waals surface area (Å²) in [5.74, 6) is 0.510. The maximum Gasteiger partial charge on any atom is 0.240 e. The number of nitrogens with zero attached hydrogens (tertiary/aromatic N) is 1. The summed E-state index contributed by atoms with van der Waals surface area (Å²) in [4.78, 5) is 0.217. The average Bonchev–Trinajstić information content (AvgIpc) is 2.91. The van der Waals surface area contributed by atoms with Crippen molar-refractivity contribution >= 4 is 21.6 Å². The molecule has 0 saturated carbocycles. The predicted octanol–water partition coefficient (Wildman–Crippen LogP) is 1.93. The van der Waals surface area contributed by atoms with E-state index >= 15 is 0 Å². The molecule has 0 saturated heterocycles. The second-order valence-electron chi connectivity index (χ2n) is 3.90. The number of hydrogen-bond donors (Lipinski definition) is 1. The Hall–Kier alpha value is -1.37. The number of nitrogens with one attached hydrogen (secondary N) is 1. The molecule has 0 unspecified atom stereocenters. The Morgan fingerprint density at radius 3 is 2.53 bits per heavy atom. The van der Waals surface area contributed by atoms with Crippen molar-refractivity contribution in [1.82, 2.24) is 9.88 Å². The van der Waals surface area contributed by atoms with E-state index in [-0.39, 0.29) is 11.4 Å². The SMILES string of the molecule is O=S(=O)(NCc1ccon1)c1ccc(CCCl)cc1. The number of aromatic nitrogens is 1. The molecule has 0 fully saturated rings. The van der Waals surface area contributed by atoms with E-state index < -0.39 is 10.0 Å². The lowest BCUT2D eigenvalue weighted by atomic mass is 10.2. The molecule has 7 heteroatoms. The van der Waals surface area contributed by atoms with Crippen LogP contribution in [0.1, 0.15) is 11.3 Å². The van der Waals surface area contributed by atoms with Gasteiger partial charge in [0.05, 0.1) is 17.1 Å². The average molecular weight is 301 g/mol. The van der Waals surface area contributed by atoms with Gasteiger partial charge in [0.25, 0.3) is 0 Å². The van der Waals surface area contributed by atoms with E-state index in [1.54, 1.807) is 30.3 Å². The molecule has 0 bridgehead atoms. The van der Waals surface area contributed by atoms with Crippen LogP contribution in [0.15, 0.2) is 46.0 Å². The molecule has 1 aromatic heterocycles. The van der Waals surface area contributed by atoms with Gasteiger partial charge < -0.3 is 4.52 Å². The number of sulfonamides is 1. The van der Waals surface area contributed by atoms with Crippen molar-refractivity contribution in [3.8, 4) is 0 Å². The summed E-state index contributed by atoms with van der Waals surface area (Å²) in [6, 6.07) is 8.24. The maximum atomic E-state index is 12.0. The van der Waals surface area contributed by atoms with Crippen LogP contribution in [0.4, 0.5) is 0 Å². The number of aryl methyl sites for hydroxylation is 1. The van der Waals surface area contributed by atoms with E-state index in [0.29, 0.717) is 18.0 Å². The van der Waals surface area contributed by atoms with E-state index in [9.17, 15) is 8.42 Å². The second-order valence-corrected chi connectivity index (χ2v) is 6.04. The zero-order chi connectivity index (χ0) is 13.7. The molecule has 19 heavy (non-hydrogen) atoms. The van der Waals surface area contributed by atoms with Gasteiger partial charge in [-0.2, -0.15) is 0 Å². The zero-order valence-corrected chi connectivity index (χ0v) is 11.6. The van der Waals surface area contributed by atoms with Gasteiger partial charge in [0, 0.05) is 11.9 Å². The summed E-state index contributed by atoms with van der Waals surface area (Å²) in [7, 11) is -3.53. The van der Waals surface area contributed by atoms with Crippen molar-refractivity contribution in [2.45, 2.75) is 17.9 Å². The van der Waals surface area contributed by atoms with Crippen LogP contribution in [0.3, 0.4) is 0 Å². The monoisotopic (exact) mass is 300 g/mol. The van der Waals surface area contributed by atoms with Crippen molar-refractivity contribution in [3.05, 3.63) is 47.9 Å². The van der Waals surface area contributed by atoms with E-state index in [1.807, 2.05) is 0 Å². The van der Waals surface area contributed by atoms with Crippen LogP contribution < -0.4 is 4.72 Å². The van der Waals surface area contributed by atoms with E-state index in [4.69, 9.17) is 11.6 Å². The van der Waals surface area contributed by atoms with Crippen molar-refractivity contribution in [3.63, 3.8) is 0 Å². The van der Waals surface area contributed by atoms with E-state index in [2.05, 4.69) is 14.4 Å². The number of halogens is 1. The molecule has 0 amide bonds. The van der Waals surface area contributed by atoms with Crippen LogP contribution in [0, 0.1) is 0 Å². The first-order valence-corrected chi connectivity index (χ1v) is 7.67. The Kier molecular flexibility index (Phi) is 4.57. The minimum atomic E-state index is -3.53. The normalized spacial score (nSPS) is 11.6. The van der Waals surface area contributed by atoms with Gasteiger partial charge in [-0.05, 0) is 24.1 Å². The third kappa shape index (κ3) is 3.79. The number of benzene rings is 1. The summed E-state index contributed by atoms with van der Waals surface area (Å²) < 4.78 is 31.1. The van der Waals surface area contributed by atoms with Gasteiger partial charge in [-0.1, -0.05) is 17.3 Å². The van der Waals surface area contributed by atoms with Gasteiger partial charge in [-0.25, -0.2) is 13.1 Å². The lowest BCUT2D eigenvalue weighted by Gasteiger charge is -2.06. The van der Waals surface area contributed by atoms with E-state index in [0.717, 1.165) is 5.56 Å². The molecule has 102 valence electrons. The molecule has 0 atom stereocenters. The molecule has 0 radical (unpaired) electrons. The first-order chi connectivity index (χ1) is 9.12. The summed E-state index contributed by atoms with van der Waals surface area (Å²) in [5, 5.41) is 3.63. The van der Waals surface area contributed by atoms with Crippen LogP contribution in [0.2, 0.25) is 0 Å². The van der Waals surface area contributed by atoms with Crippen molar-refractivity contribution in [2.75, 3.05) is 5.88 Å². The highest BCUT2D eigenvalue weighted by atomic mass is 35.5. The predicted molar refractivity (Wildman–Crippen MR) is 71.4 cm³/mol. The molecule has 0 aliphatic rings. The Bertz CT molecular complexity index is 609. The van der Waals surface area contributed by atoms with Gasteiger partial charge in [0.2, 0.25) is 10.0 Å². The maximum absolute atomic E-state index is 12.0. The summed E-state index contributed by atoms with van der Waals surface area (Å²) in [6.45, 7) is 0.0995. The lowest BCUT2D eigenvalue weighted by molar-refractivity contribution is 0.411. The second kappa shape index (κ2) is 6.18. The molecule has 2 rings (SSSR count). The smallest absolute Gasteiger partial charge is 0.240 e. The van der Waals surface area contributed by atoms with Crippen LogP contribution in [-0.4, -0.2) is 19.5 Å². The molecule has 1 heterocycles. The van der Waals surface area contributed by atoms with Gasteiger partial charge in [-0.15, -0.1) is 11.6 Å². The van der Waals surface area contributed by atoms with Crippen LogP contribution >= 0.6 is 11.6 Å². The number of rotatable bonds is 6. The van der Waals surface area contributed by atoms with Gasteiger partial charge >= 0.3 is 0 Å². The fraction of sp³-hybridized carbons (Fsp3) is 0.250. The highest BCUT2D eigenvalue weighted by Gasteiger charge is 2.14. The fourth-order valence-electron chi connectivity index (χ4n) is 1.53. The minimum absolute atomic E-state index is 0.0995. The fourth-order valence-corrected chi connectivity index (χ4v) is 2.74. The van der Waals surface area contributed by atoms with E-state index in [1.165, 1.54) is 6.26 Å². The van der Waals surface area contributed by atoms with Crippen LogP contribution in [-0.2, 0) is 23.0 Å². The first kappa shape index (κ1) is 14.0. The topological polar surface area (TPSA) is 72.2 Å². The molecular formula is C12H13ClN2O3S. The molecule has 5 nitrogen and oxygen atoms in total. The van der Waals surface area contributed by atoms with Crippen LogP contribution in [0.25, 0.3) is 0 Å². The van der Waals surface area contributed by atoms with Crippen molar-refractivity contribution in [2.24, 2.45) is 0 Å². The van der Waals surface area contributed by atoms with Gasteiger partial charge in [0.15, 0.2) is 0 Å². The zero-order valence-electron chi connectivity index (χ0n) is 10.0. The molecule has 0 aliphatic carbocycles. The highest BCUT2D eigenvalue weighted by Crippen LogP contribution is 2.12. The first-order valence-electron chi connectivity index (χ1n) is 5.65. The lowest BCUT2D eigenvalue weighted by Crippen LogP contribution is -2.23. The Labute approximate surface area is 116 Å². The van der Waals surface area contributed by atoms with Gasteiger partial charge in [-0.3, -0.25) is 0 Å². The molecule has 0 aliphatic heterocycles. The largest absolute Gasteiger partial charge is 0.364 e. The number of hydrogen-bond acceptors (Lipinski definition) is 4. The summed E-state index contributed by atoms with van der Waals surface area (Å²) in [5.41, 5.74) is 1.53. The van der Waals surface area contributed by atoms with Crippen LogP contribution in [0.5, 0.6) is 0 Å². The molecular weight excluding hydrogens is 288 g/mol. The summed E-state index contributed by atoms with van der Waals surface area (Å²) >= 11 is 5.63. The van der Waals surface area contributed by atoms with Gasteiger partial charge in [0.1, 0.15) is 6.26 Å². The third-order valence-electron chi connectivity index (χ3n) is 2.55. The van der Waals surface area contributed by atoms with Crippen molar-refractivity contribution < 1.29 is 12.9 Å². The molecule has 1 N–H and O–H groups in total. The minimum Gasteiger partial charge on any atom is -0.364 e. The Morgan fingerprint density at radius 1 is 1.21 bits per heavy atom. The Balaban J connectivity index is 2.06. The standard InChI is InChI=1S/C12H13ClN2O3S/c13-7-5-10-1-3-12(4-2-10)19(16,17)14-9-11-6-8-18-15-11/h1-4,6,8,14H,5,7,9H2. The third-order valence-corrected chi connectivity index (χ3v) is 4.16.